The molecule has 0 aliphatic carbocycles. The van der Waals surface area contributed by atoms with Gasteiger partial charge in [0.2, 0.25) is 0 Å². The summed E-state index contributed by atoms with van der Waals surface area (Å²) in [5.41, 5.74) is 3.47. The third-order valence-electron chi connectivity index (χ3n) is 1.89. The summed E-state index contributed by atoms with van der Waals surface area (Å²) in [7, 11) is 0. The highest BCUT2D eigenvalue weighted by atomic mass is 14.6. The molecule has 2 heteroatoms. The summed E-state index contributed by atoms with van der Waals surface area (Å²) in [6, 6.07) is 6.08. The lowest BCUT2D eigenvalue weighted by molar-refractivity contribution is 1.26. The fourth-order valence-electron chi connectivity index (χ4n) is 1.26. The van der Waals surface area contributed by atoms with Gasteiger partial charge in [0, 0.05) is 30.4 Å². The smallest absolute Gasteiger partial charge is 0.0346 e. The van der Waals surface area contributed by atoms with Gasteiger partial charge < -0.3 is 0 Å². The number of aromatic nitrogens is 2. The van der Waals surface area contributed by atoms with Crippen LogP contribution in [-0.4, -0.2) is 9.97 Å². The highest BCUT2D eigenvalue weighted by Crippen LogP contribution is 2.17. The van der Waals surface area contributed by atoms with Crippen LogP contribution in [0.25, 0.3) is 11.1 Å². The van der Waals surface area contributed by atoms with E-state index in [1.165, 1.54) is 5.56 Å². The van der Waals surface area contributed by atoms with Gasteiger partial charge in [-0.2, -0.15) is 0 Å². The first kappa shape index (κ1) is 7.92. The Morgan fingerprint density at radius 1 is 0.923 bits per heavy atom. The van der Waals surface area contributed by atoms with E-state index in [0.717, 1.165) is 11.1 Å². The maximum Gasteiger partial charge on any atom is 0.0346 e. The zero-order valence-corrected chi connectivity index (χ0v) is 7.44. The van der Waals surface area contributed by atoms with Crippen LogP contribution in [0.4, 0.5) is 0 Å². The summed E-state index contributed by atoms with van der Waals surface area (Å²) >= 11 is 0. The summed E-state index contributed by atoms with van der Waals surface area (Å²) in [6.45, 7) is 2.04. The summed E-state index contributed by atoms with van der Waals surface area (Å²) < 4.78 is 0. The molecule has 0 N–H and O–H groups in total. The van der Waals surface area contributed by atoms with Crippen LogP contribution in [-0.2, 0) is 0 Å². The molecule has 0 bridgehead atoms. The molecule has 0 saturated heterocycles. The Hall–Kier alpha value is -1.70. The topological polar surface area (TPSA) is 25.8 Å². The number of nitrogens with zero attached hydrogens (tertiary/aromatic N) is 2. The molecule has 2 aromatic rings. The molecule has 0 amide bonds. The average molecular weight is 170 g/mol. The van der Waals surface area contributed by atoms with Gasteiger partial charge in [0.25, 0.3) is 0 Å². The molecular weight excluding hydrogens is 160 g/mol. The molecule has 0 unspecified atom stereocenters. The number of aryl methyl sites for hydroxylation is 1. The summed E-state index contributed by atoms with van der Waals surface area (Å²) in [5.74, 6) is 0. The molecule has 2 heterocycles. The van der Waals surface area contributed by atoms with Crippen LogP contribution in [0, 0.1) is 6.92 Å². The quantitative estimate of drug-likeness (QED) is 0.657. The molecule has 0 fully saturated rings. The molecule has 2 rings (SSSR count). The molecule has 0 atom stereocenters. The minimum atomic E-state index is 1.14. The third-order valence-corrected chi connectivity index (χ3v) is 1.89. The molecule has 13 heavy (non-hydrogen) atoms. The van der Waals surface area contributed by atoms with Gasteiger partial charge in [-0.1, -0.05) is 0 Å². The van der Waals surface area contributed by atoms with Crippen molar-refractivity contribution in [2.45, 2.75) is 6.92 Å². The molecular formula is C11H10N2. The van der Waals surface area contributed by atoms with Crippen LogP contribution < -0.4 is 0 Å². The van der Waals surface area contributed by atoms with Crippen LogP contribution in [0.2, 0.25) is 0 Å². The van der Waals surface area contributed by atoms with Crippen molar-refractivity contribution in [3.63, 3.8) is 0 Å². The van der Waals surface area contributed by atoms with E-state index in [9.17, 15) is 0 Å². The van der Waals surface area contributed by atoms with Crippen LogP contribution in [0.5, 0.6) is 0 Å². The van der Waals surface area contributed by atoms with Crippen LogP contribution in [0.1, 0.15) is 5.56 Å². The maximum absolute atomic E-state index is 4.14. The highest BCUT2D eigenvalue weighted by molar-refractivity contribution is 5.62. The van der Waals surface area contributed by atoms with Crippen molar-refractivity contribution in [3.8, 4) is 11.1 Å². The van der Waals surface area contributed by atoms with E-state index in [1.807, 2.05) is 31.5 Å². The minimum absolute atomic E-state index is 1.14. The lowest BCUT2D eigenvalue weighted by Gasteiger charge is -2.00. The number of rotatable bonds is 1. The molecule has 0 aliphatic heterocycles. The van der Waals surface area contributed by atoms with Crippen molar-refractivity contribution in [2.75, 3.05) is 0 Å². The van der Waals surface area contributed by atoms with Gasteiger partial charge in [-0.25, -0.2) is 0 Å². The average Bonchev–Trinajstić information content (AvgIpc) is 2.19. The second-order valence-corrected chi connectivity index (χ2v) is 2.99. The predicted octanol–water partition coefficient (Wildman–Crippen LogP) is 2.45. The highest BCUT2D eigenvalue weighted by Gasteiger charge is 1.96. The van der Waals surface area contributed by atoms with Gasteiger partial charge in [-0.3, -0.25) is 9.97 Å². The first-order valence-electron chi connectivity index (χ1n) is 4.18. The Balaban J connectivity index is 2.48. The van der Waals surface area contributed by atoms with E-state index in [4.69, 9.17) is 0 Å². The van der Waals surface area contributed by atoms with Gasteiger partial charge in [-0.15, -0.1) is 0 Å². The Kier molecular flexibility index (Phi) is 2.04. The summed E-state index contributed by atoms with van der Waals surface area (Å²) in [5, 5.41) is 0. The van der Waals surface area contributed by atoms with Gasteiger partial charge in [-0.05, 0) is 36.2 Å². The summed E-state index contributed by atoms with van der Waals surface area (Å²) in [6.07, 6.45) is 7.29. The SMILES string of the molecule is Cc1cncc(-c2ccncc2)c1. The Morgan fingerprint density at radius 3 is 2.38 bits per heavy atom. The molecule has 2 aromatic heterocycles. The van der Waals surface area contributed by atoms with Gasteiger partial charge >= 0.3 is 0 Å². The third kappa shape index (κ3) is 1.72. The molecule has 0 radical (unpaired) electrons. The van der Waals surface area contributed by atoms with Crippen molar-refractivity contribution in [1.82, 2.24) is 9.97 Å². The molecule has 2 nitrogen and oxygen atoms in total. The first-order chi connectivity index (χ1) is 6.36. The van der Waals surface area contributed by atoms with E-state index in [0.29, 0.717) is 0 Å². The van der Waals surface area contributed by atoms with Crippen molar-refractivity contribution in [1.29, 1.82) is 0 Å². The van der Waals surface area contributed by atoms with E-state index in [1.54, 1.807) is 12.4 Å². The van der Waals surface area contributed by atoms with Crippen molar-refractivity contribution < 1.29 is 0 Å². The predicted molar refractivity (Wildman–Crippen MR) is 52.2 cm³/mol. The number of hydrogen-bond acceptors (Lipinski definition) is 2. The number of hydrogen-bond donors (Lipinski definition) is 0. The largest absolute Gasteiger partial charge is 0.265 e. The van der Waals surface area contributed by atoms with E-state index in [2.05, 4.69) is 16.0 Å². The zero-order valence-electron chi connectivity index (χ0n) is 7.44. The van der Waals surface area contributed by atoms with Crippen LogP contribution in [0.15, 0.2) is 43.0 Å². The normalized spacial score (nSPS) is 9.92. The lowest BCUT2D eigenvalue weighted by atomic mass is 10.1. The standard InChI is InChI=1S/C11H10N2/c1-9-6-11(8-13-7-9)10-2-4-12-5-3-10/h2-8H,1H3. The molecule has 0 saturated carbocycles. The Labute approximate surface area is 77.3 Å². The van der Waals surface area contributed by atoms with Crippen LogP contribution >= 0.6 is 0 Å². The molecule has 0 aliphatic rings. The van der Waals surface area contributed by atoms with E-state index in [-0.39, 0.29) is 0 Å². The van der Waals surface area contributed by atoms with E-state index >= 15 is 0 Å². The van der Waals surface area contributed by atoms with Crippen LogP contribution in [0.3, 0.4) is 0 Å². The van der Waals surface area contributed by atoms with Gasteiger partial charge in [0.1, 0.15) is 0 Å². The fourth-order valence-corrected chi connectivity index (χ4v) is 1.26. The molecule has 64 valence electrons. The van der Waals surface area contributed by atoms with E-state index < -0.39 is 0 Å². The fraction of sp³-hybridized carbons (Fsp3) is 0.0909. The second kappa shape index (κ2) is 3.35. The molecule has 0 aromatic carbocycles. The maximum atomic E-state index is 4.14. The Bertz CT molecular complexity index is 396. The van der Waals surface area contributed by atoms with Crippen molar-refractivity contribution in [2.24, 2.45) is 0 Å². The van der Waals surface area contributed by atoms with Gasteiger partial charge in [0.15, 0.2) is 0 Å². The zero-order chi connectivity index (χ0) is 9.10. The minimum Gasteiger partial charge on any atom is -0.265 e. The van der Waals surface area contributed by atoms with Crippen molar-refractivity contribution in [3.05, 3.63) is 48.5 Å². The first-order valence-corrected chi connectivity index (χ1v) is 4.18. The van der Waals surface area contributed by atoms with Crippen molar-refractivity contribution >= 4 is 0 Å². The lowest BCUT2D eigenvalue weighted by Crippen LogP contribution is -1.82. The van der Waals surface area contributed by atoms with Gasteiger partial charge in [0.05, 0.1) is 0 Å². The summed E-state index contributed by atoms with van der Waals surface area (Å²) in [4.78, 5) is 8.11. The Morgan fingerprint density at radius 2 is 1.69 bits per heavy atom. The monoisotopic (exact) mass is 170 g/mol. The number of pyridine rings is 2. The second-order valence-electron chi connectivity index (χ2n) is 2.99. The molecule has 0 spiro atoms.